The van der Waals surface area contributed by atoms with E-state index in [1.807, 2.05) is 0 Å². The maximum absolute atomic E-state index is 11.1. The van der Waals surface area contributed by atoms with Gasteiger partial charge in [-0.05, 0) is 54.8 Å². The number of hydrogen-bond donors (Lipinski definition) is 4. The molecule has 3 fully saturated rings. The first kappa shape index (κ1) is 23.8. The minimum absolute atomic E-state index is 0.0966. The molecule has 2 saturated carbocycles. The van der Waals surface area contributed by atoms with Crippen LogP contribution in [0.3, 0.4) is 0 Å². The molecule has 8 nitrogen and oxygen atoms in total. The highest BCUT2D eigenvalue weighted by Crippen LogP contribution is 2.60. The highest BCUT2D eigenvalue weighted by Gasteiger charge is 2.54. The second-order valence-corrected chi connectivity index (χ2v) is 12.4. The Kier molecular flexibility index (Phi) is 5.88. The van der Waals surface area contributed by atoms with Gasteiger partial charge < -0.3 is 25.3 Å². The van der Waals surface area contributed by atoms with E-state index < -0.39 is 12.2 Å². The molecule has 1 saturated heterocycles. The van der Waals surface area contributed by atoms with Gasteiger partial charge in [-0.15, -0.1) is 0 Å². The summed E-state index contributed by atoms with van der Waals surface area (Å²) in [6.45, 7) is 5.62. The van der Waals surface area contributed by atoms with Crippen LogP contribution in [0.1, 0.15) is 55.1 Å². The fourth-order valence-electron chi connectivity index (χ4n) is 7.72. The van der Waals surface area contributed by atoms with Gasteiger partial charge in [0.2, 0.25) is 0 Å². The summed E-state index contributed by atoms with van der Waals surface area (Å²) in [5, 5.41) is 44.2. The number of benzene rings is 1. The minimum atomic E-state index is -0.859. The average Bonchev–Trinajstić information content (AvgIpc) is 3.65. The molecule has 6 atom stereocenters. The Labute approximate surface area is 220 Å². The number of aromatic nitrogens is 2. The largest absolute Gasteiger partial charge is 0.494 e. The zero-order valence-electron chi connectivity index (χ0n) is 21.0. The molecule has 2 aromatic heterocycles. The molecule has 1 unspecified atom stereocenters. The first-order valence-electron chi connectivity index (χ1n) is 13.8. The zero-order chi connectivity index (χ0) is 25.3. The highest BCUT2D eigenvalue weighted by atomic mass is 32.1. The molecule has 9 heteroatoms. The summed E-state index contributed by atoms with van der Waals surface area (Å²) < 4.78 is 7.66. The third-order valence-electron chi connectivity index (χ3n) is 9.71. The van der Waals surface area contributed by atoms with Crippen LogP contribution in [0.2, 0.25) is 0 Å². The number of aromatic hydroxyl groups is 2. The van der Waals surface area contributed by atoms with Crippen LogP contribution >= 0.6 is 11.5 Å². The number of piperazine rings is 1. The molecule has 7 rings (SSSR count). The number of anilines is 1. The maximum Gasteiger partial charge on any atom is 0.197 e. The van der Waals surface area contributed by atoms with Crippen molar-refractivity contribution < 1.29 is 20.4 Å². The van der Waals surface area contributed by atoms with Crippen LogP contribution in [0.5, 0.6) is 11.8 Å². The molecule has 3 heterocycles. The summed E-state index contributed by atoms with van der Waals surface area (Å²) in [7, 11) is 0. The Balaban J connectivity index is 1.03. The Morgan fingerprint density at radius 2 is 1.46 bits per heavy atom. The predicted octanol–water partition coefficient (Wildman–Crippen LogP) is 3.44. The second-order valence-electron chi connectivity index (χ2n) is 11.6. The van der Waals surface area contributed by atoms with E-state index in [4.69, 9.17) is 4.37 Å². The molecule has 2 bridgehead atoms. The van der Waals surface area contributed by atoms with E-state index in [0.29, 0.717) is 35.9 Å². The van der Waals surface area contributed by atoms with Gasteiger partial charge in [0.1, 0.15) is 5.82 Å². The maximum atomic E-state index is 11.1. The molecule has 4 N–H and O–H groups in total. The van der Waals surface area contributed by atoms with Gasteiger partial charge in [-0.3, -0.25) is 9.47 Å². The number of nitrogens with zero attached hydrogens (tertiary/aromatic N) is 4. The Hall–Kier alpha value is -2.33. The smallest absolute Gasteiger partial charge is 0.197 e. The average molecular weight is 525 g/mol. The first-order valence-corrected chi connectivity index (χ1v) is 14.6. The fraction of sp³-hybridized carbons (Fsp3) is 0.607. The third-order valence-corrected chi connectivity index (χ3v) is 10.5. The van der Waals surface area contributed by atoms with Crippen molar-refractivity contribution in [3.63, 3.8) is 0 Å². The summed E-state index contributed by atoms with van der Waals surface area (Å²) in [6, 6.07) is 8.46. The summed E-state index contributed by atoms with van der Waals surface area (Å²) in [4.78, 5) is 5.00. The van der Waals surface area contributed by atoms with E-state index in [-0.39, 0.29) is 23.6 Å². The Morgan fingerprint density at radius 3 is 2.14 bits per heavy atom. The van der Waals surface area contributed by atoms with Crippen molar-refractivity contribution in [1.82, 2.24) is 13.8 Å². The van der Waals surface area contributed by atoms with E-state index in [0.717, 1.165) is 45.0 Å². The summed E-state index contributed by atoms with van der Waals surface area (Å²) in [6.07, 6.45) is 3.56. The highest BCUT2D eigenvalue weighted by molar-refractivity contribution is 7.13. The number of fused-ring (bicyclic) bond motifs is 6. The van der Waals surface area contributed by atoms with Crippen molar-refractivity contribution in [2.75, 3.05) is 37.6 Å². The van der Waals surface area contributed by atoms with Crippen LogP contribution in [-0.4, -0.2) is 79.2 Å². The van der Waals surface area contributed by atoms with Crippen LogP contribution in [0.4, 0.5) is 5.82 Å². The summed E-state index contributed by atoms with van der Waals surface area (Å²) in [5.41, 5.74) is 1.33. The number of aliphatic hydroxyl groups is 2. The van der Waals surface area contributed by atoms with Gasteiger partial charge in [0.05, 0.1) is 16.9 Å². The van der Waals surface area contributed by atoms with Gasteiger partial charge >= 0.3 is 0 Å². The molecular weight excluding hydrogens is 488 g/mol. The molecule has 3 aromatic rings. The van der Waals surface area contributed by atoms with Gasteiger partial charge in [-0.1, -0.05) is 25.0 Å². The molecule has 0 spiro atoms. The lowest BCUT2D eigenvalue weighted by Gasteiger charge is -2.40. The lowest BCUT2D eigenvalue weighted by molar-refractivity contribution is 0.0211. The van der Waals surface area contributed by atoms with E-state index in [2.05, 4.69) is 34.1 Å². The first-order chi connectivity index (χ1) is 18.0. The van der Waals surface area contributed by atoms with Crippen molar-refractivity contribution in [3.05, 3.63) is 35.4 Å². The fourth-order valence-corrected chi connectivity index (χ4v) is 8.51. The van der Waals surface area contributed by atoms with Gasteiger partial charge in [0, 0.05) is 67.6 Å². The Bertz CT molecular complexity index is 1260. The van der Waals surface area contributed by atoms with Crippen LogP contribution in [0.25, 0.3) is 10.1 Å². The molecule has 1 aliphatic heterocycles. The van der Waals surface area contributed by atoms with Crippen LogP contribution in [-0.2, 0) is 6.54 Å². The van der Waals surface area contributed by atoms with Gasteiger partial charge in [0.25, 0.3) is 0 Å². The molecule has 198 valence electrons. The van der Waals surface area contributed by atoms with E-state index >= 15 is 0 Å². The molecular formula is C28H36N4O4S. The number of hydrogen-bond acceptors (Lipinski definition) is 8. The number of aliphatic hydroxyl groups excluding tert-OH is 2. The molecule has 1 aromatic carbocycles. The molecule has 0 radical (unpaired) electrons. The lowest BCUT2D eigenvalue weighted by Crippen LogP contribution is -2.49. The van der Waals surface area contributed by atoms with E-state index in [1.54, 1.807) is 16.1 Å². The third kappa shape index (κ3) is 3.77. The van der Waals surface area contributed by atoms with Crippen molar-refractivity contribution in [2.24, 2.45) is 11.8 Å². The second kappa shape index (κ2) is 9.15. The number of rotatable bonds is 5. The molecule has 37 heavy (non-hydrogen) atoms. The van der Waals surface area contributed by atoms with Gasteiger partial charge in [-0.25, -0.2) is 0 Å². The van der Waals surface area contributed by atoms with Crippen LogP contribution in [0.15, 0.2) is 24.3 Å². The SMILES string of the molecule is Oc1c2c(c(O)n1C[C@@H]1CCCC[C@H]1CN1CCN(c3nsc4ccccc34)CC1)[C@@H]1C[C@H]2C(O)[C@H]1O. The monoisotopic (exact) mass is 524 g/mol. The van der Waals surface area contributed by atoms with Crippen LogP contribution < -0.4 is 4.90 Å². The molecule has 0 amide bonds. The summed E-state index contributed by atoms with van der Waals surface area (Å²) in [5.74, 6) is 1.65. The Morgan fingerprint density at radius 1 is 0.838 bits per heavy atom. The van der Waals surface area contributed by atoms with Crippen molar-refractivity contribution in [2.45, 2.75) is 62.7 Å². The van der Waals surface area contributed by atoms with Gasteiger partial charge in [-0.2, -0.15) is 4.37 Å². The molecule has 4 aliphatic rings. The lowest BCUT2D eigenvalue weighted by atomic mass is 9.78. The standard InChI is InChI=1S/C28H36N4O4S/c33-24-19-13-20(25(24)34)23-22(19)27(35)32(28(23)36)15-17-6-2-1-5-16(17)14-30-9-11-31(12-10-30)26-18-7-3-4-8-21(18)37-29-26/h3-4,7-8,16-17,19-20,24-25,33-36H,1-2,5-6,9-15H2/t16-,17-,19-,20+,24-,25?/m0/s1. The van der Waals surface area contributed by atoms with E-state index in [9.17, 15) is 20.4 Å². The minimum Gasteiger partial charge on any atom is -0.494 e. The molecule has 3 aliphatic carbocycles. The van der Waals surface area contributed by atoms with Crippen LogP contribution in [0, 0.1) is 11.8 Å². The quantitative estimate of drug-likeness (QED) is 0.405. The van der Waals surface area contributed by atoms with Crippen molar-refractivity contribution in [3.8, 4) is 11.8 Å². The van der Waals surface area contributed by atoms with Gasteiger partial charge in [0.15, 0.2) is 11.8 Å². The predicted molar refractivity (Wildman–Crippen MR) is 144 cm³/mol. The zero-order valence-corrected chi connectivity index (χ0v) is 21.9. The summed E-state index contributed by atoms with van der Waals surface area (Å²) >= 11 is 1.58. The van der Waals surface area contributed by atoms with Crippen molar-refractivity contribution >= 4 is 27.4 Å². The van der Waals surface area contributed by atoms with E-state index in [1.165, 1.54) is 29.3 Å². The van der Waals surface area contributed by atoms with Crippen molar-refractivity contribution in [1.29, 1.82) is 0 Å². The topological polar surface area (TPSA) is 105 Å². The normalized spacial score (nSPS) is 31.9.